The van der Waals surface area contributed by atoms with E-state index in [4.69, 9.17) is 0 Å². The van der Waals surface area contributed by atoms with E-state index in [0.717, 1.165) is 36.4 Å². The van der Waals surface area contributed by atoms with Crippen molar-refractivity contribution in [3.05, 3.63) is 59.5 Å². The smallest absolute Gasteiger partial charge is 0.154 e. The first-order valence-corrected chi connectivity index (χ1v) is 7.84. The lowest BCUT2D eigenvalue weighted by Gasteiger charge is -2.19. The predicted octanol–water partition coefficient (Wildman–Crippen LogP) is 1.52. The number of aliphatic hydroxyl groups excluding tert-OH is 1. The van der Waals surface area contributed by atoms with Gasteiger partial charge in [0, 0.05) is 12.7 Å². The summed E-state index contributed by atoms with van der Waals surface area (Å²) in [6.45, 7) is 1.83. The van der Waals surface area contributed by atoms with Crippen LogP contribution in [0.4, 0.5) is 5.82 Å². The zero-order chi connectivity index (χ0) is 15.6. The monoisotopic (exact) mass is 309 g/mol. The number of nitrogens with one attached hydrogen (secondary N) is 2. The molecule has 0 saturated heterocycles. The molecule has 0 saturated carbocycles. The van der Waals surface area contributed by atoms with Gasteiger partial charge in [0.05, 0.1) is 12.6 Å². The Morgan fingerprint density at radius 1 is 1.30 bits per heavy atom. The average molecular weight is 309 g/mol. The molecule has 1 aromatic carbocycles. The third kappa shape index (κ3) is 2.56. The molecule has 0 fully saturated rings. The van der Waals surface area contributed by atoms with E-state index in [1.165, 1.54) is 11.1 Å². The Hall–Kier alpha value is -2.44. The Kier molecular flexibility index (Phi) is 3.69. The molecular formula is C17H19N5O. The number of nitrogens with zero attached hydrogens (tertiary/aromatic N) is 3. The number of hydrogen-bond acceptors (Lipinski definition) is 5. The van der Waals surface area contributed by atoms with E-state index in [9.17, 15) is 5.11 Å². The first kappa shape index (κ1) is 14.2. The van der Waals surface area contributed by atoms with Gasteiger partial charge in [0.2, 0.25) is 0 Å². The standard InChI is InChI=1S/C17H19N5O/c23-10-15(12-4-2-1-3-5-12)21-17-16-14-6-7-18-8-13(14)9-22(16)20-11-19-17/h1-5,9,11,15,18,23H,6-8,10H2,(H,19,20,21)/t15-/m1/s1. The molecule has 1 atom stereocenters. The largest absolute Gasteiger partial charge is 0.394 e. The van der Waals surface area contributed by atoms with E-state index >= 15 is 0 Å². The fraction of sp³-hybridized carbons (Fsp3) is 0.294. The molecule has 3 heterocycles. The Balaban J connectivity index is 1.75. The van der Waals surface area contributed by atoms with E-state index in [1.807, 2.05) is 34.8 Å². The lowest BCUT2D eigenvalue weighted by atomic mass is 10.0. The molecule has 0 bridgehead atoms. The van der Waals surface area contributed by atoms with Crippen molar-refractivity contribution >= 4 is 11.3 Å². The third-order valence-corrected chi connectivity index (χ3v) is 4.33. The summed E-state index contributed by atoms with van der Waals surface area (Å²) in [6, 6.07) is 9.73. The van der Waals surface area contributed by atoms with Crippen LogP contribution >= 0.6 is 0 Å². The zero-order valence-electron chi connectivity index (χ0n) is 12.7. The van der Waals surface area contributed by atoms with Crippen molar-refractivity contribution in [2.75, 3.05) is 18.5 Å². The van der Waals surface area contributed by atoms with E-state index in [2.05, 4.69) is 26.9 Å². The normalized spacial score (nSPS) is 15.3. The Morgan fingerprint density at radius 3 is 3.00 bits per heavy atom. The highest BCUT2D eigenvalue weighted by atomic mass is 16.3. The summed E-state index contributed by atoms with van der Waals surface area (Å²) in [4.78, 5) is 4.43. The Labute approximate surface area is 134 Å². The van der Waals surface area contributed by atoms with Crippen LogP contribution in [-0.2, 0) is 13.0 Å². The van der Waals surface area contributed by atoms with Gasteiger partial charge in [-0.05, 0) is 29.7 Å². The summed E-state index contributed by atoms with van der Waals surface area (Å²) < 4.78 is 1.88. The Bertz CT molecular complexity index is 814. The molecular weight excluding hydrogens is 290 g/mol. The summed E-state index contributed by atoms with van der Waals surface area (Å²) in [5.74, 6) is 0.769. The molecule has 3 aromatic rings. The molecule has 6 nitrogen and oxygen atoms in total. The van der Waals surface area contributed by atoms with Gasteiger partial charge in [0.1, 0.15) is 11.8 Å². The van der Waals surface area contributed by atoms with Crippen LogP contribution < -0.4 is 10.6 Å². The lowest BCUT2D eigenvalue weighted by molar-refractivity contribution is 0.276. The van der Waals surface area contributed by atoms with E-state index in [0.29, 0.717) is 0 Å². The average Bonchev–Trinajstić information content (AvgIpc) is 2.99. The SMILES string of the molecule is OC[C@@H](Nc1ncnn2cc3c(c12)CCNC3)c1ccccc1. The van der Waals surface area contributed by atoms with Crippen LogP contribution in [0.2, 0.25) is 0 Å². The van der Waals surface area contributed by atoms with Crippen LogP contribution in [0.5, 0.6) is 0 Å². The van der Waals surface area contributed by atoms with Gasteiger partial charge in [-0.3, -0.25) is 0 Å². The van der Waals surface area contributed by atoms with Gasteiger partial charge in [-0.2, -0.15) is 5.10 Å². The summed E-state index contributed by atoms with van der Waals surface area (Å²) in [7, 11) is 0. The first-order chi connectivity index (χ1) is 11.4. The second-order valence-corrected chi connectivity index (χ2v) is 5.75. The summed E-state index contributed by atoms with van der Waals surface area (Å²) in [5, 5.41) is 20.9. The maximum Gasteiger partial charge on any atom is 0.154 e. The molecule has 6 heteroatoms. The number of anilines is 1. The van der Waals surface area contributed by atoms with Crippen molar-refractivity contribution in [2.24, 2.45) is 0 Å². The van der Waals surface area contributed by atoms with Crippen molar-refractivity contribution < 1.29 is 5.11 Å². The fourth-order valence-electron chi connectivity index (χ4n) is 3.18. The number of aliphatic hydroxyl groups is 1. The van der Waals surface area contributed by atoms with Crippen molar-refractivity contribution in [2.45, 2.75) is 19.0 Å². The zero-order valence-corrected chi connectivity index (χ0v) is 12.7. The highest BCUT2D eigenvalue weighted by Gasteiger charge is 2.20. The summed E-state index contributed by atoms with van der Waals surface area (Å²) in [5.41, 5.74) is 4.60. The third-order valence-electron chi connectivity index (χ3n) is 4.33. The molecule has 4 rings (SSSR count). The van der Waals surface area contributed by atoms with Crippen LogP contribution in [0, 0.1) is 0 Å². The molecule has 118 valence electrons. The highest BCUT2D eigenvalue weighted by Crippen LogP contribution is 2.28. The van der Waals surface area contributed by atoms with E-state index < -0.39 is 0 Å². The maximum atomic E-state index is 9.78. The van der Waals surface area contributed by atoms with Crippen molar-refractivity contribution in [1.29, 1.82) is 0 Å². The molecule has 0 amide bonds. The molecule has 0 aliphatic carbocycles. The van der Waals surface area contributed by atoms with Gasteiger partial charge >= 0.3 is 0 Å². The van der Waals surface area contributed by atoms with E-state index in [-0.39, 0.29) is 12.6 Å². The summed E-state index contributed by atoms with van der Waals surface area (Å²) >= 11 is 0. The van der Waals surface area contributed by atoms with Crippen LogP contribution in [-0.4, -0.2) is 32.9 Å². The molecule has 1 aliphatic heterocycles. The van der Waals surface area contributed by atoms with Crippen molar-refractivity contribution in [1.82, 2.24) is 19.9 Å². The van der Waals surface area contributed by atoms with Crippen LogP contribution in [0.25, 0.3) is 5.52 Å². The number of hydrogen-bond donors (Lipinski definition) is 3. The topological polar surface area (TPSA) is 74.5 Å². The molecule has 23 heavy (non-hydrogen) atoms. The fourth-order valence-corrected chi connectivity index (χ4v) is 3.18. The molecule has 2 aromatic heterocycles. The highest BCUT2D eigenvalue weighted by molar-refractivity contribution is 5.74. The quantitative estimate of drug-likeness (QED) is 0.681. The van der Waals surface area contributed by atoms with Crippen LogP contribution in [0.15, 0.2) is 42.9 Å². The van der Waals surface area contributed by atoms with Gasteiger partial charge in [-0.25, -0.2) is 9.50 Å². The van der Waals surface area contributed by atoms with E-state index in [1.54, 1.807) is 6.33 Å². The van der Waals surface area contributed by atoms with Gasteiger partial charge in [0.25, 0.3) is 0 Å². The second-order valence-electron chi connectivity index (χ2n) is 5.75. The number of benzene rings is 1. The first-order valence-electron chi connectivity index (χ1n) is 7.84. The molecule has 0 unspecified atom stereocenters. The minimum Gasteiger partial charge on any atom is -0.394 e. The molecule has 0 radical (unpaired) electrons. The van der Waals surface area contributed by atoms with Crippen molar-refractivity contribution in [3.8, 4) is 0 Å². The number of rotatable bonds is 4. The lowest BCUT2D eigenvalue weighted by Crippen LogP contribution is -2.22. The van der Waals surface area contributed by atoms with Crippen molar-refractivity contribution in [3.63, 3.8) is 0 Å². The maximum absolute atomic E-state index is 9.78. The number of aromatic nitrogens is 3. The van der Waals surface area contributed by atoms with Gasteiger partial charge in [-0.15, -0.1) is 0 Å². The van der Waals surface area contributed by atoms with Crippen LogP contribution in [0.3, 0.4) is 0 Å². The Morgan fingerprint density at radius 2 is 2.17 bits per heavy atom. The van der Waals surface area contributed by atoms with Crippen LogP contribution in [0.1, 0.15) is 22.7 Å². The number of fused-ring (bicyclic) bond motifs is 3. The molecule has 1 aliphatic rings. The van der Waals surface area contributed by atoms with Gasteiger partial charge < -0.3 is 15.7 Å². The van der Waals surface area contributed by atoms with Gasteiger partial charge in [0.15, 0.2) is 5.82 Å². The summed E-state index contributed by atoms with van der Waals surface area (Å²) in [6.07, 6.45) is 4.57. The molecule has 3 N–H and O–H groups in total. The second kappa shape index (κ2) is 5.98. The van der Waals surface area contributed by atoms with Gasteiger partial charge in [-0.1, -0.05) is 30.3 Å². The minimum atomic E-state index is -0.192. The predicted molar refractivity (Wildman–Crippen MR) is 88.3 cm³/mol. The molecule has 0 spiro atoms. The minimum absolute atomic E-state index is 0.00459.